The highest BCUT2D eigenvalue weighted by molar-refractivity contribution is 7.99. The van der Waals surface area contributed by atoms with E-state index < -0.39 is 0 Å². The van der Waals surface area contributed by atoms with Gasteiger partial charge in [0.1, 0.15) is 4.83 Å². The highest BCUT2D eigenvalue weighted by Gasteiger charge is 2.25. The van der Waals surface area contributed by atoms with Crippen molar-refractivity contribution in [2.45, 2.75) is 49.9 Å². The SMILES string of the molecule is C=C(Cl)CSc1nc2sc3c(c2c(=O)n1C[C@H]1CCCO1)CCC3. The molecule has 7 heteroatoms. The summed E-state index contributed by atoms with van der Waals surface area (Å²) in [5.41, 5.74) is 1.31. The summed E-state index contributed by atoms with van der Waals surface area (Å²) in [5, 5.41) is 2.12. The topological polar surface area (TPSA) is 44.1 Å². The third-order valence-corrected chi connectivity index (χ3v) is 7.10. The number of hydrogen-bond acceptors (Lipinski definition) is 5. The molecule has 0 radical (unpaired) electrons. The molecule has 0 unspecified atom stereocenters. The summed E-state index contributed by atoms with van der Waals surface area (Å²) >= 11 is 9.07. The van der Waals surface area contributed by atoms with E-state index in [-0.39, 0.29) is 11.7 Å². The zero-order chi connectivity index (χ0) is 16.7. The maximum atomic E-state index is 13.2. The van der Waals surface area contributed by atoms with Crippen LogP contribution in [0.15, 0.2) is 21.6 Å². The number of aromatic nitrogens is 2. The van der Waals surface area contributed by atoms with Gasteiger partial charge in [-0.3, -0.25) is 9.36 Å². The average Bonchev–Trinajstić information content (AvgIpc) is 3.24. The molecule has 128 valence electrons. The van der Waals surface area contributed by atoms with Crippen LogP contribution in [0.3, 0.4) is 0 Å². The first kappa shape index (κ1) is 16.6. The van der Waals surface area contributed by atoms with Crippen LogP contribution < -0.4 is 5.56 Å². The molecule has 4 rings (SSSR count). The van der Waals surface area contributed by atoms with Gasteiger partial charge in [-0.25, -0.2) is 4.98 Å². The van der Waals surface area contributed by atoms with Crippen molar-refractivity contribution in [1.29, 1.82) is 0 Å². The third-order valence-electron chi connectivity index (χ3n) is 4.56. The van der Waals surface area contributed by atoms with Crippen LogP contribution in [0.4, 0.5) is 0 Å². The Bertz CT molecular complexity index is 852. The zero-order valence-corrected chi connectivity index (χ0v) is 15.7. The fraction of sp³-hybridized carbons (Fsp3) is 0.529. The van der Waals surface area contributed by atoms with Gasteiger partial charge < -0.3 is 4.74 Å². The van der Waals surface area contributed by atoms with Gasteiger partial charge in [0.25, 0.3) is 5.56 Å². The van der Waals surface area contributed by atoms with Crippen LogP contribution in [0.5, 0.6) is 0 Å². The highest BCUT2D eigenvalue weighted by Crippen LogP contribution is 2.36. The molecule has 1 saturated heterocycles. The Morgan fingerprint density at radius 1 is 1.46 bits per heavy atom. The van der Waals surface area contributed by atoms with Crippen LogP contribution in [-0.2, 0) is 24.1 Å². The molecule has 4 nitrogen and oxygen atoms in total. The Morgan fingerprint density at radius 3 is 3.08 bits per heavy atom. The molecule has 0 saturated carbocycles. The molecule has 2 aromatic rings. The summed E-state index contributed by atoms with van der Waals surface area (Å²) in [5.74, 6) is 0.552. The van der Waals surface area contributed by atoms with Crippen LogP contribution in [0.25, 0.3) is 10.2 Å². The first-order valence-corrected chi connectivity index (χ1v) is 10.4. The van der Waals surface area contributed by atoms with Crippen molar-refractivity contribution in [2.75, 3.05) is 12.4 Å². The van der Waals surface area contributed by atoms with E-state index in [1.54, 1.807) is 15.9 Å². The summed E-state index contributed by atoms with van der Waals surface area (Å²) in [4.78, 5) is 20.2. The molecule has 1 fully saturated rings. The fourth-order valence-electron chi connectivity index (χ4n) is 3.46. The van der Waals surface area contributed by atoms with E-state index in [0.717, 1.165) is 54.1 Å². The Morgan fingerprint density at radius 2 is 2.33 bits per heavy atom. The van der Waals surface area contributed by atoms with E-state index in [9.17, 15) is 4.79 Å². The molecule has 1 aliphatic heterocycles. The fourth-order valence-corrected chi connectivity index (χ4v) is 5.69. The summed E-state index contributed by atoms with van der Waals surface area (Å²) in [6.45, 7) is 5.09. The van der Waals surface area contributed by atoms with E-state index in [4.69, 9.17) is 21.3 Å². The Labute approximate surface area is 153 Å². The lowest BCUT2D eigenvalue weighted by atomic mass is 10.2. The molecule has 0 N–H and O–H groups in total. The maximum Gasteiger partial charge on any atom is 0.263 e. The van der Waals surface area contributed by atoms with Gasteiger partial charge in [0.05, 0.1) is 18.0 Å². The monoisotopic (exact) mass is 382 g/mol. The number of thiophene rings is 1. The zero-order valence-electron chi connectivity index (χ0n) is 13.3. The van der Waals surface area contributed by atoms with Crippen LogP contribution >= 0.6 is 34.7 Å². The van der Waals surface area contributed by atoms with Crippen LogP contribution in [-0.4, -0.2) is 28.0 Å². The summed E-state index contributed by atoms with van der Waals surface area (Å²) in [6.07, 6.45) is 5.37. The molecule has 24 heavy (non-hydrogen) atoms. The van der Waals surface area contributed by atoms with Crippen molar-refractivity contribution < 1.29 is 4.74 Å². The molecule has 0 spiro atoms. The van der Waals surface area contributed by atoms with E-state index in [1.807, 2.05) is 0 Å². The van der Waals surface area contributed by atoms with Crippen LogP contribution in [0, 0.1) is 0 Å². The normalized spacial score (nSPS) is 20.0. The lowest BCUT2D eigenvalue weighted by Crippen LogP contribution is -2.29. The van der Waals surface area contributed by atoms with Gasteiger partial charge in [-0.15, -0.1) is 11.3 Å². The molecule has 1 atom stereocenters. The Kier molecular flexibility index (Phi) is 4.73. The van der Waals surface area contributed by atoms with Crippen LogP contribution in [0.1, 0.15) is 29.7 Å². The van der Waals surface area contributed by atoms with E-state index in [0.29, 0.717) is 17.3 Å². The second-order valence-electron chi connectivity index (χ2n) is 6.29. The van der Waals surface area contributed by atoms with Crippen molar-refractivity contribution in [3.8, 4) is 0 Å². The van der Waals surface area contributed by atoms with Gasteiger partial charge in [-0.1, -0.05) is 29.9 Å². The van der Waals surface area contributed by atoms with Crippen molar-refractivity contribution >= 4 is 44.9 Å². The molecular weight excluding hydrogens is 364 g/mol. The smallest absolute Gasteiger partial charge is 0.263 e. The minimum Gasteiger partial charge on any atom is -0.376 e. The Balaban J connectivity index is 1.81. The second kappa shape index (κ2) is 6.83. The quantitative estimate of drug-likeness (QED) is 0.579. The van der Waals surface area contributed by atoms with Crippen LogP contribution in [0.2, 0.25) is 0 Å². The average molecular weight is 383 g/mol. The van der Waals surface area contributed by atoms with Crippen molar-refractivity contribution in [3.63, 3.8) is 0 Å². The van der Waals surface area contributed by atoms with E-state index in [2.05, 4.69) is 6.58 Å². The van der Waals surface area contributed by atoms with Crippen molar-refractivity contribution in [3.05, 3.63) is 32.4 Å². The molecule has 1 aliphatic carbocycles. The lowest BCUT2D eigenvalue weighted by Gasteiger charge is -2.15. The van der Waals surface area contributed by atoms with Crippen molar-refractivity contribution in [2.24, 2.45) is 0 Å². The number of thioether (sulfide) groups is 1. The largest absolute Gasteiger partial charge is 0.376 e. The number of nitrogens with zero attached hydrogens (tertiary/aromatic N) is 2. The minimum atomic E-state index is 0.0811. The summed E-state index contributed by atoms with van der Waals surface area (Å²) < 4.78 is 7.54. The van der Waals surface area contributed by atoms with Gasteiger partial charge >= 0.3 is 0 Å². The van der Waals surface area contributed by atoms with Gasteiger partial charge in [-0.2, -0.15) is 0 Å². The molecule has 3 heterocycles. The lowest BCUT2D eigenvalue weighted by molar-refractivity contribution is 0.0937. The third kappa shape index (κ3) is 3.05. The molecule has 2 aromatic heterocycles. The standard InChI is InChI=1S/C17H19ClN2O2S2/c1-10(18)9-23-17-19-15-14(12-5-2-6-13(12)24-15)16(21)20(17)8-11-4-3-7-22-11/h11H,1-9H2/t11-/m1/s1. The first-order valence-electron chi connectivity index (χ1n) is 8.26. The second-order valence-corrected chi connectivity index (χ2v) is 8.85. The number of rotatable bonds is 5. The number of halogens is 1. The van der Waals surface area contributed by atoms with E-state index in [1.165, 1.54) is 22.2 Å². The number of hydrogen-bond donors (Lipinski definition) is 0. The highest BCUT2D eigenvalue weighted by atomic mass is 35.5. The minimum absolute atomic E-state index is 0.0811. The molecule has 0 amide bonds. The number of ether oxygens (including phenoxy) is 1. The Hall–Kier alpha value is -0.820. The van der Waals surface area contributed by atoms with Gasteiger partial charge in [0, 0.05) is 22.3 Å². The predicted molar refractivity (Wildman–Crippen MR) is 101 cm³/mol. The van der Waals surface area contributed by atoms with E-state index >= 15 is 0 Å². The molecular formula is C17H19ClN2O2S2. The summed E-state index contributed by atoms with van der Waals surface area (Å²) in [7, 11) is 0. The van der Waals surface area contributed by atoms with Gasteiger partial charge in [0.2, 0.25) is 0 Å². The van der Waals surface area contributed by atoms with Gasteiger partial charge in [-0.05, 0) is 37.7 Å². The molecule has 0 aromatic carbocycles. The molecule has 0 bridgehead atoms. The number of aryl methyl sites for hydroxylation is 2. The predicted octanol–water partition coefficient (Wildman–Crippen LogP) is 3.97. The van der Waals surface area contributed by atoms with Crippen molar-refractivity contribution in [1.82, 2.24) is 9.55 Å². The first-order chi connectivity index (χ1) is 11.6. The van der Waals surface area contributed by atoms with Gasteiger partial charge in [0.15, 0.2) is 5.16 Å². The number of fused-ring (bicyclic) bond motifs is 3. The summed E-state index contributed by atoms with van der Waals surface area (Å²) in [6, 6.07) is 0. The molecule has 2 aliphatic rings. The maximum absolute atomic E-state index is 13.2.